The summed E-state index contributed by atoms with van der Waals surface area (Å²) in [5.74, 6) is -1.31. The van der Waals surface area contributed by atoms with Crippen LogP contribution in [0.25, 0.3) is 0 Å². The Kier molecular flexibility index (Phi) is 5.37. The average molecular weight is 297 g/mol. The number of carbonyl (C=O) groups is 2. The first-order chi connectivity index (χ1) is 9.24. The molecule has 20 heavy (non-hydrogen) atoms. The number of carbonyl (C=O) groups excluding carboxylic acids is 1. The lowest BCUT2D eigenvalue weighted by Crippen LogP contribution is -2.55. The van der Waals surface area contributed by atoms with Crippen LogP contribution in [0.3, 0.4) is 0 Å². The van der Waals surface area contributed by atoms with Crippen LogP contribution >= 0.6 is 0 Å². The average Bonchev–Trinajstić information content (AvgIpc) is 2.33. The number of aliphatic carboxylic acids is 1. The summed E-state index contributed by atoms with van der Waals surface area (Å²) < 4.78 is 47.3. The summed E-state index contributed by atoms with van der Waals surface area (Å²) in [4.78, 5) is 22.9. The van der Waals surface area contributed by atoms with Crippen LogP contribution in [0.15, 0.2) is 12.7 Å². The standard InChI is InChI=1S/C11H14F3NO5/c1-2-3-19-10(18)15-5-7(4-9(16)17)20-8(6-15)11(12,13)14/h2,7-8H,1,3-6H2,(H,16,17)/t7-,8+/m1/s1. The number of rotatable bonds is 4. The van der Waals surface area contributed by atoms with E-state index in [9.17, 15) is 22.8 Å². The number of carboxylic acids is 1. The topological polar surface area (TPSA) is 76.1 Å². The Labute approximate surface area is 112 Å². The van der Waals surface area contributed by atoms with Gasteiger partial charge in [-0.1, -0.05) is 12.7 Å². The van der Waals surface area contributed by atoms with Crippen LogP contribution in [0.5, 0.6) is 0 Å². The smallest absolute Gasteiger partial charge is 0.416 e. The number of morpholine rings is 1. The molecule has 0 aromatic carbocycles. The summed E-state index contributed by atoms with van der Waals surface area (Å²) in [5, 5.41) is 8.61. The zero-order chi connectivity index (χ0) is 15.3. The minimum atomic E-state index is -4.69. The van der Waals surface area contributed by atoms with Gasteiger partial charge in [-0.25, -0.2) is 4.79 Å². The lowest BCUT2D eigenvalue weighted by atomic mass is 10.1. The number of alkyl halides is 3. The van der Waals surface area contributed by atoms with Gasteiger partial charge in [-0.05, 0) is 0 Å². The zero-order valence-corrected chi connectivity index (χ0v) is 10.4. The molecule has 1 rings (SSSR count). The molecule has 1 aliphatic heterocycles. The fourth-order valence-corrected chi connectivity index (χ4v) is 1.70. The number of ether oxygens (including phenoxy) is 2. The normalized spacial score (nSPS) is 23.2. The van der Waals surface area contributed by atoms with Crippen LogP contribution in [0, 0.1) is 0 Å². The van der Waals surface area contributed by atoms with Crippen LogP contribution in [0.1, 0.15) is 6.42 Å². The van der Waals surface area contributed by atoms with Crippen molar-refractivity contribution in [3.05, 3.63) is 12.7 Å². The Balaban J connectivity index is 2.76. The van der Waals surface area contributed by atoms with E-state index in [2.05, 4.69) is 16.1 Å². The predicted octanol–water partition coefficient (Wildman–Crippen LogP) is 1.42. The third-order valence-corrected chi connectivity index (χ3v) is 2.52. The summed E-state index contributed by atoms with van der Waals surface area (Å²) in [7, 11) is 0. The highest BCUT2D eigenvalue weighted by molar-refractivity contribution is 5.69. The van der Waals surface area contributed by atoms with Crippen LogP contribution < -0.4 is 0 Å². The molecule has 9 heteroatoms. The number of amides is 1. The van der Waals surface area contributed by atoms with Crippen molar-refractivity contribution < 1.29 is 37.3 Å². The van der Waals surface area contributed by atoms with E-state index in [1.807, 2.05) is 0 Å². The summed E-state index contributed by atoms with van der Waals surface area (Å²) in [6.45, 7) is 2.17. The minimum absolute atomic E-state index is 0.142. The second-order valence-electron chi connectivity index (χ2n) is 4.16. The highest BCUT2D eigenvalue weighted by Gasteiger charge is 2.47. The number of nitrogens with zero attached hydrogens (tertiary/aromatic N) is 1. The maximum atomic E-state index is 12.7. The van der Waals surface area contributed by atoms with Gasteiger partial charge in [0.2, 0.25) is 0 Å². The van der Waals surface area contributed by atoms with Gasteiger partial charge in [0.1, 0.15) is 6.61 Å². The van der Waals surface area contributed by atoms with Crippen LogP contribution in [0.4, 0.5) is 18.0 Å². The Morgan fingerprint density at radius 2 is 2.10 bits per heavy atom. The third-order valence-electron chi connectivity index (χ3n) is 2.52. The fraction of sp³-hybridized carbons (Fsp3) is 0.636. The Hall–Kier alpha value is -1.77. The quantitative estimate of drug-likeness (QED) is 0.794. The Bertz CT molecular complexity index is 385. The van der Waals surface area contributed by atoms with Gasteiger partial charge in [-0.2, -0.15) is 13.2 Å². The van der Waals surface area contributed by atoms with E-state index in [0.29, 0.717) is 0 Å². The van der Waals surface area contributed by atoms with Crippen LogP contribution in [0.2, 0.25) is 0 Å². The second kappa shape index (κ2) is 6.60. The van der Waals surface area contributed by atoms with Gasteiger partial charge in [-0.3, -0.25) is 4.79 Å². The van der Waals surface area contributed by atoms with E-state index >= 15 is 0 Å². The molecule has 0 aromatic heterocycles. The van der Waals surface area contributed by atoms with Crippen molar-refractivity contribution >= 4 is 12.1 Å². The molecule has 0 bridgehead atoms. The van der Waals surface area contributed by atoms with Crippen molar-refractivity contribution in [2.24, 2.45) is 0 Å². The van der Waals surface area contributed by atoms with Gasteiger partial charge in [-0.15, -0.1) is 0 Å². The minimum Gasteiger partial charge on any atom is -0.481 e. The van der Waals surface area contributed by atoms with E-state index < -0.39 is 43.4 Å². The molecule has 0 saturated carbocycles. The van der Waals surface area contributed by atoms with Crippen molar-refractivity contribution in [2.45, 2.75) is 24.8 Å². The zero-order valence-electron chi connectivity index (χ0n) is 10.4. The number of halogens is 3. The summed E-state index contributed by atoms with van der Waals surface area (Å²) in [6, 6.07) is 0. The highest BCUT2D eigenvalue weighted by atomic mass is 19.4. The van der Waals surface area contributed by atoms with Crippen molar-refractivity contribution in [3.63, 3.8) is 0 Å². The summed E-state index contributed by atoms with van der Waals surface area (Å²) in [5.41, 5.74) is 0. The van der Waals surface area contributed by atoms with Crippen molar-refractivity contribution in [1.29, 1.82) is 0 Å². The van der Waals surface area contributed by atoms with Crippen molar-refractivity contribution in [1.82, 2.24) is 4.90 Å². The molecule has 1 heterocycles. The predicted molar refractivity (Wildman–Crippen MR) is 60.1 cm³/mol. The molecule has 1 saturated heterocycles. The van der Waals surface area contributed by atoms with Crippen molar-refractivity contribution in [2.75, 3.05) is 19.7 Å². The molecule has 0 aromatic rings. The molecule has 0 spiro atoms. The largest absolute Gasteiger partial charge is 0.481 e. The fourth-order valence-electron chi connectivity index (χ4n) is 1.70. The Morgan fingerprint density at radius 3 is 2.60 bits per heavy atom. The van der Waals surface area contributed by atoms with Gasteiger partial charge < -0.3 is 19.5 Å². The van der Waals surface area contributed by atoms with E-state index in [4.69, 9.17) is 5.11 Å². The second-order valence-corrected chi connectivity index (χ2v) is 4.16. The van der Waals surface area contributed by atoms with Gasteiger partial charge in [0.05, 0.1) is 25.6 Å². The van der Waals surface area contributed by atoms with Gasteiger partial charge in [0, 0.05) is 0 Å². The van der Waals surface area contributed by atoms with Gasteiger partial charge >= 0.3 is 18.2 Å². The first-order valence-electron chi connectivity index (χ1n) is 5.70. The molecule has 114 valence electrons. The van der Waals surface area contributed by atoms with Gasteiger partial charge in [0.25, 0.3) is 0 Å². The summed E-state index contributed by atoms with van der Waals surface area (Å²) >= 11 is 0. The third kappa shape index (κ3) is 4.72. The van der Waals surface area contributed by atoms with E-state index in [1.54, 1.807) is 0 Å². The van der Waals surface area contributed by atoms with Crippen molar-refractivity contribution in [3.8, 4) is 0 Å². The molecule has 0 radical (unpaired) electrons. The molecule has 6 nitrogen and oxygen atoms in total. The Morgan fingerprint density at radius 1 is 1.45 bits per heavy atom. The number of hydrogen-bond donors (Lipinski definition) is 1. The lowest BCUT2D eigenvalue weighted by molar-refractivity contribution is -0.251. The highest BCUT2D eigenvalue weighted by Crippen LogP contribution is 2.28. The molecule has 1 aliphatic rings. The maximum absolute atomic E-state index is 12.7. The molecular formula is C11H14F3NO5. The SMILES string of the molecule is C=CCOC(=O)N1C[C@@H](CC(=O)O)O[C@H](C(F)(F)F)C1. The van der Waals surface area contributed by atoms with Crippen LogP contribution in [-0.4, -0.2) is 60.1 Å². The summed E-state index contributed by atoms with van der Waals surface area (Å²) in [6.07, 6.45) is -8.46. The molecule has 1 N–H and O–H groups in total. The lowest BCUT2D eigenvalue weighted by Gasteiger charge is -2.37. The van der Waals surface area contributed by atoms with E-state index in [-0.39, 0.29) is 13.2 Å². The molecule has 0 unspecified atom stereocenters. The van der Waals surface area contributed by atoms with Crippen LogP contribution in [-0.2, 0) is 14.3 Å². The van der Waals surface area contributed by atoms with E-state index in [0.717, 1.165) is 4.90 Å². The number of carboxylic acid groups (broad SMARTS) is 1. The first kappa shape index (κ1) is 16.3. The van der Waals surface area contributed by atoms with Gasteiger partial charge in [0.15, 0.2) is 6.10 Å². The number of hydrogen-bond acceptors (Lipinski definition) is 4. The molecule has 1 fully saturated rings. The monoisotopic (exact) mass is 297 g/mol. The molecule has 0 aliphatic carbocycles. The molecule has 2 atom stereocenters. The maximum Gasteiger partial charge on any atom is 0.416 e. The first-order valence-corrected chi connectivity index (χ1v) is 5.70. The van der Waals surface area contributed by atoms with E-state index in [1.165, 1.54) is 6.08 Å². The molecular weight excluding hydrogens is 283 g/mol. The molecule has 1 amide bonds.